The minimum Gasteiger partial charge on any atom is -0.494 e. The van der Waals surface area contributed by atoms with Crippen LogP contribution in [0.25, 0.3) is 0 Å². The van der Waals surface area contributed by atoms with Crippen molar-refractivity contribution in [2.75, 3.05) is 13.2 Å². The standard InChI is InChI=1S/C17H26N2O2.ClH/c1-2-21-15-9-7-13(8-10-15)11-17(20)19-16-6-4-3-5-14(16)12-18;/h7-10,14,16H,2-6,11-12,18H2,1H3,(H,19,20);1H. The molecule has 0 bridgehead atoms. The van der Waals surface area contributed by atoms with Crippen molar-refractivity contribution in [3.05, 3.63) is 29.8 Å². The number of carbonyl (C=O) groups is 1. The predicted molar refractivity (Wildman–Crippen MR) is 91.5 cm³/mol. The van der Waals surface area contributed by atoms with Crippen LogP contribution in [0, 0.1) is 5.92 Å². The molecule has 0 saturated heterocycles. The predicted octanol–water partition coefficient (Wildman–Crippen LogP) is 2.68. The molecule has 0 heterocycles. The van der Waals surface area contributed by atoms with E-state index in [4.69, 9.17) is 10.5 Å². The van der Waals surface area contributed by atoms with E-state index < -0.39 is 0 Å². The highest BCUT2D eigenvalue weighted by atomic mass is 35.5. The third kappa shape index (κ3) is 5.50. The first kappa shape index (κ1) is 18.8. The number of nitrogens with two attached hydrogens (primary N) is 1. The Labute approximate surface area is 139 Å². The summed E-state index contributed by atoms with van der Waals surface area (Å²) in [5, 5.41) is 3.16. The summed E-state index contributed by atoms with van der Waals surface area (Å²) in [6, 6.07) is 7.97. The lowest BCUT2D eigenvalue weighted by atomic mass is 9.84. The molecule has 3 N–H and O–H groups in total. The molecule has 2 unspecified atom stereocenters. The monoisotopic (exact) mass is 326 g/mol. The summed E-state index contributed by atoms with van der Waals surface area (Å²) in [5.74, 6) is 1.37. The lowest BCUT2D eigenvalue weighted by Gasteiger charge is -2.31. The zero-order valence-electron chi connectivity index (χ0n) is 13.2. The molecule has 1 aliphatic rings. The van der Waals surface area contributed by atoms with E-state index in [1.165, 1.54) is 12.8 Å². The van der Waals surface area contributed by atoms with Gasteiger partial charge in [-0.1, -0.05) is 25.0 Å². The number of halogens is 1. The Bertz CT molecular complexity index is 450. The van der Waals surface area contributed by atoms with E-state index in [9.17, 15) is 4.79 Å². The van der Waals surface area contributed by atoms with Gasteiger partial charge in [0, 0.05) is 6.04 Å². The summed E-state index contributed by atoms with van der Waals surface area (Å²) in [5.41, 5.74) is 6.81. The van der Waals surface area contributed by atoms with Crippen molar-refractivity contribution in [2.45, 2.75) is 45.1 Å². The van der Waals surface area contributed by atoms with Crippen molar-refractivity contribution in [3.63, 3.8) is 0 Å². The largest absolute Gasteiger partial charge is 0.494 e. The van der Waals surface area contributed by atoms with Crippen molar-refractivity contribution in [1.82, 2.24) is 5.32 Å². The highest BCUT2D eigenvalue weighted by Gasteiger charge is 2.25. The van der Waals surface area contributed by atoms with Gasteiger partial charge < -0.3 is 15.8 Å². The second kappa shape index (κ2) is 9.70. The Morgan fingerprint density at radius 1 is 1.27 bits per heavy atom. The maximum atomic E-state index is 12.2. The third-order valence-electron chi connectivity index (χ3n) is 4.16. The molecule has 1 fully saturated rings. The summed E-state index contributed by atoms with van der Waals surface area (Å²) in [4.78, 5) is 12.2. The second-order valence-corrected chi connectivity index (χ2v) is 5.71. The number of amides is 1. The summed E-state index contributed by atoms with van der Waals surface area (Å²) < 4.78 is 5.40. The third-order valence-corrected chi connectivity index (χ3v) is 4.16. The highest BCUT2D eigenvalue weighted by Crippen LogP contribution is 2.23. The molecule has 2 atom stereocenters. The average molecular weight is 327 g/mol. The summed E-state index contributed by atoms with van der Waals surface area (Å²) in [6.45, 7) is 3.27. The van der Waals surface area contributed by atoms with E-state index in [1.54, 1.807) is 0 Å². The van der Waals surface area contributed by atoms with E-state index in [2.05, 4.69) is 5.32 Å². The molecule has 4 nitrogen and oxygen atoms in total. The van der Waals surface area contributed by atoms with Crippen LogP contribution in [-0.2, 0) is 11.2 Å². The van der Waals surface area contributed by atoms with Gasteiger partial charge >= 0.3 is 0 Å². The fourth-order valence-corrected chi connectivity index (χ4v) is 2.99. The van der Waals surface area contributed by atoms with E-state index in [1.807, 2.05) is 31.2 Å². The van der Waals surface area contributed by atoms with Crippen LogP contribution < -0.4 is 15.8 Å². The quantitative estimate of drug-likeness (QED) is 0.844. The van der Waals surface area contributed by atoms with Gasteiger partial charge in [0.1, 0.15) is 5.75 Å². The van der Waals surface area contributed by atoms with Gasteiger partial charge in [0.2, 0.25) is 5.91 Å². The van der Waals surface area contributed by atoms with E-state index in [0.29, 0.717) is 25.5 Å². The minimum absolute atomic E-state index is 0. The van der Waals surface area contributed by atoms with Gasteiger partial charge in [-0.15, -0.1) is 12.4 Å². The second-order valence-electron chi connectivity index (χ2n) is 5.71. The first-order valence-electron chi connectivity index (χ1n) is 7.94. The highest BCUT2D eigenvalue weighted by molar-refractivity contribution is 5.85. The van der Waals surface area contributed by atoms with Crippen LogP contribution in [-0.4, -0.2) is 25.1 Å². The Kier molecular flexibility index (Phi) is 8.28. The molecule has 0 aromatic heterocycles. The summed E-state index contributed by atoms with van der Waals surface area (Å²) in [7, 11) is 0. The van der Waals surface area contributed by atoms with Crippen LogP contribution in [0.3, 0.4) is 0 Å². The molecule has 1 aromatic rings. The molecule has 22 heavy (non-hydrogen) atoms. The maximum absolute atomic E-state index is 12.2. The molecule has 5 heteroatoms. The van der Waals surface area contributed by atoms with Crippen LogP contribution in [0.15, 0.2) is 24.3 Å². The SMILES string of the molecule is CCOc1ccc(CC(=O)NC2CCCCC2CN)cc1.Cl. The fourth-order valence-electron chi connectivity index (χ4n) is 2.99. The van der Waals surface area contributed by atoms with Crippen molar-refractivity contribution < 1.29 is 9.53 Å². The van der Waals surface area contributed by atoms with Crippen molar-refractivity contribution >= 4 is 18.3 Å². The van der Waals surface area contributed by atoms with Crippen LogP contribution >= 0.6 is 12.4 Å². The Morgan fingerprint density at radius 3 is 2.59 bits per heavy atom. The first-order valence-corrected chi connectivity index (χ1v) is 7.94. The molecule has 0 aliphatic heterocycles. The lowest BCUT2D eigenvalue weighted by molar-refractivity contribution is -0.121. The van der Waals surface area contributed by atoms with Crippen molar-refractivity contribution in [2.24, 2.45) is 11.7 Å². The van der Waals surface area contributed by atoms with Crippen molar-refractivity contribution in [1.29, 1.82) is 0 Å². The van der Waals surface area contributed by atoms with Gasteiger partial charge in [-0.05, 0) is 49.9 Å². The Hall–Kier alpha value is -1.26. The summed E-state index contributed by atoms with van der Waals surface area (Å²) >= 11 is 0. The van der Waals surface area contributed by atoms with Gasteiger partial charge in [0.15, 0.2) is 0 Å². The molecule has 2 rings (SSSR count). The Balaban J connectivity index is 0.00000242. The molecule has 124 valence electrons. The number of benzene rings is 1. The number of hydrogen-bond acceptors (Lipinski definition) is 3. The first-order chi connectivity index (χ1) is 10.2. The summed E-state index contributed by atoms with van der Waals surface area (Å²) in [6.07, 6.45) is 5.01. The molecule has 0 radical (unpaired) electrons. The van der Waals surface area contributed by atoms with Crippen molar-refractivity contribution in [3.8, 4) is 5.75 Å². The topological polar surface area (TPSA) is 64.3 Å². The number of carbonyl (C=O) groups excluding carboxylic acids is 1. The molecule has 1 aromatic carbocycles. The number of ether oxygens (including phenoxy) is 1. The molecule has 0 spiro atoms. The zero-order chi connectivity index (χ0) is 15.1. The van der Waals surface area contributed by atoms with Crippen LogP contribution in [0.2, 0.25) is 0 Å². The lowest BCUT2D eigenvalue weighted by Crippen LogP contribution is -2.45. The van der Waals surface area contributed by atoms with E-state index >= 15 is 0 Å². The van der Waals surface area contributed by atoms with Gasteiger partial charge in [-0.3, -0.25) is 4.79 Å². The number of nitrogens with one attached hydrogen (secondary N) is 1. The fraction of sp³-hybridized carbons (Fsp3) is 0.588. The zero-order valence-corrected chi connectivity index (χ0v) is 14.0. The molecular formula is C17H27ClN2O2. The smallest absolute Gasteiger partial charge is 0.224 e. The van der Waals surface area contributed by atoms with E-state index in [-0.39, 0.29) is 24.4 Å². The minimum atomic E-state index is 0. The van der Waals surface area contributed by atoms with Gasteiger partial charge in [0.25, 0.3) is 0 Å². The van der Waals surface area contributed by atoms with Crippen LogP contribution in [0.4, 0.5) is 0 Å². The van der Waals surface area contributed by atoms with E-state index in [0.717, 1.165) is 24.2 Å². The van der Waals surface area contributed by atoms with Gasteiger partial charge in [-0.25, -0.2) is 0 Å². The average Bonchev–Trinajstić information content (AvgIpc) is 2.50. The van der Waals surface area contributed by atoms with Gasteiger partial charge in [-0.2, -0.15) is 0 Å². The normalized spacial score (nSPS) is 20.8. The maximum Gasteiger partial charge on any atom is 0.224 e. The molecule has 1 aliphatic carbocycles. The molecular weight excluding hydrogens is 300 g/mol. The number of hydrogen-bond donors (Lipinski definition) is 2. The van der Waals surface area contributed by atoms with Crippen LogP contribution in [0.1, 0.15) is 38.2 Å². The Morgan fingerprint density at radius 2 is 1.95 bits per heavy atom. The molecule has 1 saturated carbocycles. The van der Waals surface area contributed by atoms with Crippen LogP contribution in [0.5, 0.6) is 5.75 Å². The molecule has 1 amide bonds. The number of rotatable bonds is 6. The van der Waals surface area contributed by atoms with Gasteiger partial charge in [0.05, 0.1) is 13.0 Å².